The zero-order chi connectivity index (χ0) is 15.0. The Morgan fingerprint density at radius 3 is 2.76 bits per heavy atom. The molecule has 104 valence electrons. The minimum atomic E-state index is -0.259. The van der Waals surface area contributed by atoms with E-state index in [-0.39, 0.29) is 5.38 Å². The third-order valence-corrected chi connectivity index (χ3v) is 3.45. The lowest BCUT2D eigenvalue weighted by atomic mass is 10.2. The maximum absolute atomic E-state index is 9.08. The molecule has 2 aromatic heterocycles. The third kappa shape index (κ3) is 2.37. The molecule has 4 nitrogen and oxygen atoms in total. The number of pyridine rings is 1. The van der Waals surface area contributed by atoms with Crippen LogP contribution in [0.25, 0.3) is 16.9 Å². The van der Waals surface area contributed by atoms with Crippen LogP contribution in [-0.2, 0) is 0 Å². The van der Waals surface area contributed by atoms with E-state index in [0.29, 0.717) is 5.56 Å². The number of alkyl halides is 1. The molecule has 0 aliphatic heterocycles. The van der Waals surface area contributed by atoms with E-state index >= 15 is 0 Å². The van der Waals surface area contributed by atoms with Gasteiger partial charge in [0.1, 0.15) is 11.3 Å². The first-order chi connectivity index (χ1) is 10.1. The SMILES string of the molecule is Cc1ccc2nc(C(C)Cl)n(-c3cccc(C#N)c3)c2n1. The van der Waals surface area contributed by atoms with Crippen LogP contribution in [0.5, 0.6) is 0 Å². The zero-order valence-electron chi connectivity index (χ0n) is 11.7. The molecular formula is C16H13ClN4. The molecule has 0 fully saturated rings. The Kier molecular flexibility index (Phi) is 3.36. The van der Waals surface area contributed by atoms with E-state index < -0.39 is 0 Å². The van der Waals surface area contributed by atoms with E-state index in [0.717, 1.165) is 28.4 Å². The number of benzene rings is 1. The largest absolute Gasteiger partial charge is 0.279 e. The van der Waals surface area contributed by atoms with Gasteiger partial charge in [-0.25, -0.2) is 9.97 Å². The summed E-state index contributed by atoms with van der Waals surface area (Å²) < 4.78 is 1.92. The van der Waals surface area contributed by atoms with E-state index in [1.165, 1.54) is 0 Å². The van der Waals surface area contributed by atoms with E-state index in [1.807, 2.05) is 48.7 Å². The van der Waals surface area contributed by atoms with Crippen molar-refractivity contribution in [2.45, 2.75) is 19.2 Å². The molecule has 3 aromatic rings. The van der Waals surface area contributed by atoms with Crippen LogP contribution >= 0.6 is 11.6 Å². The fraction of sp³-hybridized carbons (Fsp3) is 0.188. The van der Waals surface area contributed by atoms with Crippen molar-refractivity contribution < 1.29 is 0 Å². The van der Waals surface area contributed by atoms with Crippen molar-refractivity contribution in [2.24, 2.45) is 0 Å². The summed E-state index contributed by atoms with van der Waals surface area (Å²) in [7, 11) is 0. The average Bonchev–Trinajstić information content (AvgIpc) is 2.86. The average molecular weight is 297 g/mol. The summed E-state index contributed by atoms with van der Waals surface area (Å²) >= 11 is 6.27. The number of nitriles is 1. The van der Waals surface area contributed by atoms with E-state index in [4.69, 9.17) is 16.9 Å². The summed E-state index contributed by atoms with van der Waals surface area (Å²) in [6.07, 6.45) is 0. The van der Waals surface area contributed by atoms with E-state index in [1.54, 1.807) is 6.07 Å². The monoisotopic (exact) mass is 296 g/mol. The van der Waals surface area contributed by atoms with Crippen LogP contribution in [0.2, 0.25) is 0 Å². The summed E-state index contributed by atoms with van der Waals surface area (Å²) in [5.74, 6) is 0.722. The van der Waals surface area contributed by atoms with Crippen molar-refractivity contribution in [3.63, 3.8) is 0 Å². The van der Waals surface area contributed by atoms with Gasteiger partial charge < -0.3 is 0 Å². The highest BCUT2D eigenvalue weighted by Gasteiger charge is 2.17. The summed E-state index contributed by atoms with van der Waals surface area (Å²) in [6.45, 7) is 3.81. The maximum atomic E-state index is 9.08. The number of hydrogen-bond donors (Lipinski definition) is 0. The summed E-state index contributed by atoms with van der Waals surface area (Å²) in [6, 6.07) is 13.4. The molecule has 21 heavy (non-hydrogen) atoms. The number of rotatable bonds is 2. The molecule has 1 unspecified atom stereocenters. The summed E-state index contributed by atoms with van der Waals surface area (Å²) in [5, 5.41) is 8.82. The molecule has 0 aliphatic carbocycles. The Bertz CT molecular complexity index is 858. The molecule has 0 bridgehead atoms. The Hall–Kier alpha value is -2.38. The Morgan fingerprint density at radius 2 is 2.05 bits per heavy atom. The molecule has 0 radical (unpaired) electrons. The molecule has 0 N–H and O–H groups in total. The van der Waals surface area contributed by atoms with Gasteiger partial charge in [0, 0.05) is 5.69 Å². The van der Waals surface area contributed by atoms with Gasteiger partial charge in [0.2, 0.25) is 0 Å². The fourth-order valence-corrected chi connectivity index (χ4v) is 2.45. The van der Waals surface area contributed by atoms with Gasteiger partial charge in [0.15, 0.2) is 5.65 Å². The Morgan fingerprint density at radius 1 is 1.24 bits per heavy atom. The van der Waals surface area contributed by atoms with E-state index in [9.17, 15) is 0 Å². The van der Waals surface area contributed by atoms with Crippen LogP contribution in [0.4, 0.5) is 0 Å². The minimum Gasteiger partial charge on any atom is -0.279 e. The number of hydrogen-bond acceptors (Lipinski definition) is 3. The number of imidazole rings is 1. The lowest BCUT2D eigenvalue weighted by Gasteiger charge is -2.10. The molecule has 0 saturated carbocycles. The number of aryl methyl sites for hydroxylation is 1. The van der Waals surface area contributed by atoms with Crippen LogP contribution in [-0.4, -0.2) is 14.5 Å². The molecule has 3 rings (SSSR count). The highest BCUT2D eigenvalue weighted by atomic mass is 35.5. The van der Waals surface area contributed by atoms with Crippen LogP contribution in [0, 0.1) is 18.3 Å². The van der Waals surface area contributed by atoms with Crippen molar-refractivity contribution in [3.8, 4) is 11.8 Å². The van der Waals surface area contributed by atoms with Crippen molar-refractivity contribution in [3.05, 3.63) is 53.5 Å². The minimum absolute atomic E-state index is 0.259. The normalized spacial score (nSPS) is 12.3. The molecule has 1 aromatic carbocycles. The third-order valence-electron chi connectivity index (χ3n) is 3.26. The van der Waals surface area contributed by atoms with Gasteiger partial charge in [-0.2, -0.15) is 5.26 Å². The number of halogens is 1. The number of aromatic nitrogens is 3. The standard InChI is InChI=1S/C16H13ClN4/c1-10-6-7-14-16(19-10)21(15(20-14)11(2)17)13-5-3-4-12(8-13)9-18/h3-8,11H,1-2H3. The van der Waals surface area contributed by atoms with Crippen LogP contribution in [0.3, 0.4) is 0 Å². The quantitative estimate of drug-likeness (QED) is 0.674. The van der Waals surface area contributed by atoms with Crippen molar-refractivity contribution >= 4 is 22.8 Å². The second-order valence-corrected chi connectivity index (χ2v) is 5.53. The second kappa shape index (κ2) is 5.19. The topological polar surface area (TPSA) is 54.5 Å². The van der Waals surface area contributed by atoms with Crippen molar-refractivity contribution in [2.75, 3.05) is 0 Å². The van der Waals surface area contributed by atoms with Crippen molar-refractivity contribution in [1.29, 1.82) is 5.26 Å². The molecule has 0 saturated heterocycles. The molecule has 0 spiro atoms. The molecule has 0 aliphatic rings. The van der Waals surface area contributed by atoms with Crippen LogP contribution < -0.4 is 0 Å². The number of nitrogens with zero attached hydrogens (tertiary/aromatic N) is 4. The molecule has 1 atom stereocenters. The highest BCUT2D eigenvalue weighted by Crippen LogP contribution is 2.27. The van der Waals surface area contributed by atoms with Gasteiger partial charge >= 0.3 is 0 Å². The smallest absolute Gasteiger partial charge is 0.164 e. The second-order valence-electron chi connectivity index (χ2n) is 4.88. The molecular weight excluding hydrogens is 284 g/mol. The highest BCUT2D eigenvalue weighted by molar-refractivity contribution is 6.20. The van der Waals surface area contributed by atoms with Gasteiger partial charge in [-0.3, -0.25) is 4.57 Å². The molecule has 0 amide bonds. The predicted molar refractivity (Wildman–Crippen MR) is 82.6 cm³/mol. The van der Waals surface area contributed by atoms with E-state index in [2.05, 4.69) is 16.0 Å². The first kappa shape index (κ1) is 13.6. The first-order valence-corrected chi connectivity index (χ1v) is 7.04. The lowest BCUT2D eigenvalue weighted by Crippen LogP contribution is -2.03. The fourth-order valence-electron chi connectivity index (χ4n) is 2.31. The number of fused-ring (bicyclic) bond motifs is 1. The van der Waals surface area contributed by atoms with Gasteiger partial charge in [0.05, 0.1) is 22.7 Å². The lowest BCUT2D eigenvalue weighted by molar-refractivity contribution is 0.875. The van der Waals surface area contributed by atoms with Gasteiger partial charge in [-0.15, -0.1) is 11.6 Å². The first-order valence-electron chi connectivity index (χ1n) is 6.61. The van der Waals surface area contributed by atoms with Crippen molar-refractivity contribution in [1.82, 2.24) is 14.5 Å². The molecule has 2 heterocycles. The predicted octanol–water partition coefficient (Wildman–Crippen LogP) is 3.90. The molecule has 5 heteroatoms. The van der Waals surface area contributed by atoms with Gasteiger partial charge in [0.25, 0.3) is 0 Å². The Balaban J connectivity index is 2.35. The van der Waals surface area contributed by atoms with Gasteiger partial charge in [-0.05, 0) is 44.2 Å². The maximum Gasteiger partial charge on any atom is 0.164 e. The van der Waals surface area contributed by atoms with Crippen LogP contribution in [0.15, 0.2) is 36.4 Å². The van der Waals surface area contributed by atoms with Crippen LogP contribution in [0.1, 0.15) is 29.4 Å². The van der Waals surface area contributed by atoms with Gasteiger partial charge in [-0.1, -0.05) is 6.07 Å². The zero-order valence-corrected chi connectivity index (χ0v) is 12.5. The summed E-state index contributed by atoms with van der Waals surface area (Å²) in [4.78, 5) is 9.14. The summed E-state index contributed by atoms with van der Waals surface area (Å²) in [5.41, 5.74) is 3.90. The Labute approximate surface area is 127 Å².